The molecule has 1 aliphatic carbocycles. The van der Waals surface area contributed by atoms with Crippen LogP contribution < -0.4 is 0 Å². The first-order valence-corrected chi connectivity index (χ1v) is 8.69. The molecule has 1 fully saturated rings. The molecule has 0 aromatic carbocycles. The molecule has 0 radical (unpaired) electrons. The Morgan fingerprint density at radius 3 is 2.50 bits per heavy atom. The third-order valence-corrected chi connectivity index (χ3v) is 4.73. The quantitative estimate of drug-likeness (QED) is 0.148. The molecule has 0 aliphatic heterocycles. The molecule has 28 heavy (non-hydrogen) atoms. The molecule has 0 spiro atoms. The lowest BCUT2D eigenvalue weighted by atomic mass is 9.79. The van der Waals surface area contributed by atoms with E-state index in [4.69, 9.17) is 20.5 Å². The van der Waals surface area contributed by atoms with E-state index in [-0.39, 0.29) is 17.9 Å². The van der Waals surface area contributed by atoms with Crippen LogP contribution >= 0.6 is 15.9 Å². The van der Waals surface area contributed by atoms with Crippen LogP contribution in [0.2, 0.25) is 0 Å². The number of hydrogen-bond acceptors (Lipinski definition) is 9. The van der Waals surface area contributed by atoms with E-state index >= 15 is 0 Å². The fourth-order valence-electron chi connectivity index (χ4n) is 3.03. The lowest BCUT2D eigenvalue weighted by Crippen LogP contribution is -2.52. The molecule has 150 valence electrons. The summed E-state index contributed by atoms with van der Waals surface area (Å²) in [4.78, 5) is 30.6. The number of azide groups is 2. The van der Waals surface area contributed by atoms with Crippen molar-refractivity contribution in [1.82, 2.24) is 14.8 Å². The van der Waals surface area contributed by atoms with Crippen LogP contribution in [0.15, 0.2) is 15.0 Å². The van der Waals surface area contributed by atoms with Crippen molar-refractivity contribution < 1.29 is 19.2 Å². The number of aromatic nitrogens is 3. The molecule has 5 atom stereocenters. The Labute approximate surface area is 165 Å². The minimum absolute atomic E-state index is 0.0755. The Balaban J connectivity index is 2.25. The third-order valence-electron chi connectivity index (χ3n) is 4.15. The third kappa shape index (κ3) is 4.86. The normalized spacial score (nSPS) is 26.6. The van der Waals surface area contributed by atoms with Crippen molar-refractivity contribution in [2.24, 2.45) is 16.1 Å². The van der Waals surface area contributed by atoms with Gasteiger partial charge in [-0.15, -0.1) is 4.68 Å². The Bertz CT molecular complexity index is 848. The first-order chi connectivity index (χ1) is 13.3. The number of nitro groups is 1. The molecule has 0 saturated heterocycles. The number of carbonyl (C=O) groups excluding carboxylic acids is 1. The van der Waals surface area contributed by atoms with Gasteiger partial charge >= 0.3 is 11.9 Å². The van der Waals surface area contributed by atoms with Crippen molar-refractivity contribution in [3.63, 3.8) is 0 Å². The smallest absolute Gasteiger partial charge is 0.462 e. The second-order valence-electron chi connectivity index (χ2n) is 5.91. The molecular weight excluding hydrogens is 444 g/mol. The molecule has 1 aliphatic rings. The zero-order chi connectivity index (χ0) is 20.8. The standard InChI is InChI=1S/C12H15BrN10O5/c1-5-9(27-4-22-11(13)16-12(19-22)23(25)26)7(17-20-14)3-8(18-21-15)10(5)28-6(2)24/h5,7-10H,3-4H2,1-2H3/t5-,7?,8+,9-,10?/m0/s1. The first kappa shape index (κ1) is 21.4. The van der Waals surface area contributed by atoms with Gasteiger partial charge in [0, 0.05) is 43.7 Å². The maximum atomic E-state index is 11.4. The van der Waals surface area contributed by atoms with E-state index in [0.717, 1.165) is 4.68 Å². The van der Waals surface area contributed by atoms with Gasteiger partial charge in [0.2, 0.25) is 0 Å². The molecule has 0 N–H and O–H groups in total. The molecule has 1 aromatic heterocycles. The number of esters is 1. The Hall–Kier alpha value is -2.93. The number of hydrogen-bond donors (Lipinski definition) is 0. The van der Waals surface area contributed by atoms with Gasteiger partial charge in [-0.3, -0.25) is 4.79 Å². The summed E-state index contributed by atoms with van der Waals surface area (Å²) >= 11 is 3.04. The van der Waals surface area contributed by atoms with Crippen LogP contribution in [0.1, 0.15) is 20.3 Å². The van der Waals surface area contributed by atoms with Gasteiger partial charge in [-0.05, 0) is 27.4 Å². The fourth-order valence-corrected chi connectivity index (χ4v) is 3.37. The second kappa shape index (κ2) is 9.32. The van der Waals surface area contributed by atoms with Crippen LogP contribution in [0.3, 0.4) is 0 Å². The molecule has 0 bridgehead atoms. The minimum Gasteiger partial charge on any atom is -0.462 e. The van der Waals surface area contributed by atoms with Crippen molar-refractivity contribution >= 4 is 27.8 Å². The summed E-state index contributed by atoms with van der Waals surface area (Å²) in [6, 6.07) is -1.46. The molecule has 16 heteroatoms. The average molecular weight is 459 g/mol. The van der Waals surface area contributed by atoms with E-state index in [2.05, 4.69) is 46.1 Å². The number of halogens is 1. The summed E-state index contributed by atoms with van der Waals surface area (Å²) in [5.41, 5.74) is 17.6. The van der Waals surface area contributed by atoms with Crippen LogP contribution in [0.25, 0.3) is 20.9 Å². The molecular formula is C12H15BrN10O5. The van der Waals surface area contributed by atoms with Crippen molar-refractivity contribution in [1.29, 1.82) is 0 Å². The highest BCUT2D eigenvalue weighted by Crippen LogP contribution is 2.34. The highest BCUT2D eigenvalue weighted by molar-refractivity contribution is 9.10. The topological polar surface area (TPSA) is 207 Å². The van der Waals surface area contributed by atoms with Gasteiger partial charge < -0.3 is 19.6 Å². The Morgan fingerprint density at radius 2 is 2.00 bits per heavy atom. The summed E-state index contributed by atoms with van der Waals surface area (Å²) < 4.78 is 12.2. The van der Waals surface area contributed by atoms with E-state index < -0.39 is 47.1 Å². The largest absolute Gasteiger partial charge is 0.492 e. The first-order valence-electron chi connectivity index (χ1n) is 7.90. The van der Waals surface area contributed by atoms with Crippen molar-refractivity contribution in [2.45, 2.75) is 51.3 Å². The maximum Gasteiger partial charge on any atom is 0.492 e. The van der Waals surface area contributed by atoms with Crippen molar-refractivity contribution in [2.75, 3.05) is 0 Å². The molecule has 0 amide bonds. The monoisotopic (exact) mass is 458 g/mol. The molecule has 2 rings (SSSR count). The van der Waals surface area contributed by atoms with E-state index in [1.807, 2.05) is 0 Å². The van der Waals surface area contributed by atoms with Crippen LogP contribution in [-0.4, -0.2) is 49.9 Å². The van der Waals surface area contributed by atoms with E-state index in [9.17, 15) is 14.9 Å². The van der Waals surface area contributed by atoms with Gasteiger partial charge in [0.25, 0.3) is 4.73 Å². The molecule has 2 unspecified atom stereocenters. The van der Waals surface area contributed by atoms with Crippen LogP contribution in [0, 0.1) is 16.0 Å². The van der Waals surface area contributed by atoms with Gasteiger partial charge in [-0.25, -0.2) is 0 Å². The summed E-state index contributed by atoms with van der Waals surface area (Å²) in [7, 11) is 0. The maximum absolute atomic E-state index is 11.4. The van der Waals surface area contributed by atoms with Crippen LogP contribution in [-0.2, 0) is 21.0 Å². The summed E-state index contributed by atoms with van der Waals surface area (Å²) in [5.74, 6) is -1.69. The van der Waals surface area contributed by atoms with E-state index in [0.29, 0.717) is 0 Å². The predicted molar refractivity (Wildman–Crippen MR) is 94.5 cm³/mol. The van der Waals surface area contributed by atoms with Gasteiger partial charge in [-0.1, -0.05) is 17.2 Å². The Morgan fingerprint density at radius 1 is 1.39 bits per heavy atom. The zero-order valence-electron chi connectivity index (χ0n) is 14.7. The summed E-state index contributed by atoms with van der Waals surface area (Å²) in [5, 5.41) is 21.8. The van der Waals surface area contributed by atoms with Gasteiger partial charge in [0.15, 0.2) is 6.73 Å². The van der Waals surface area contributed by atoms with Crippen molar-refractivity contribution in [3.8, 4) is 0 Å². The fraction of sp³-hybridized carbons (Fsp3) is 0.750. The molecule has 1 aromatic rings. The van der Waals surface area contributed by atoms with Gasteiger partial charge in [0.1, 0.15) is 6.10 Å². The van der Waals surface area contributed by atoms with E-state index in [1.165, 1.54) is 6.92 Å². The molecule has 1 heterocycles. The van der Waals surface area contributed by atoms with Gasteiger partial charge in [-0.2, -0.15) is 0 Å². The van der Waals surface area contributed by atoms with Crippen LogP contribution in [0.5, 0.6) is 0 Å². The Kier molecular flexibility index (Phi) is 7.12. The highest BCUT2D eigenvalue weighted by atomic mass is 79.9. The lowest BCUT2D eigenvalue weighted by Gasteiger charge is -2.41. The molecule has 1 saturated carbocycles. The minimum atomic E-state index is -0.794. The zero-order valence-corrected chi connectivity index (χ0v) is 16.3. The van der Waals surface area contributed by atoms with Gasteiger partial charge in [0.05, 0.1) is 18.2 Å². The number of nitrogens with zero attached hydrogens (tertiary/aromatic N) is 10. The van der Waals surface area contributed by atoms with Crippen LogP contribution in [0.4, 0.5) is 5.95 Å². The number of rotatable bonds is 7. The summed E-state index contributed by atoms with van der Waals surface area (Å²) in [6.07, 6.45) is -1.43. The van der Waals surface area contributed by atoms with Crippen molar-refractivity contribution in [3.05, 3.63) is 35.7 Å². The van der Waals surface area contributed by atoms with E-state index in [1.54, 1.807) is 6.92 Å². The summed E-state index contributed by atoms with van der Waals surface area (Å²) in [6.45, 7) is 2.67. The number of ether oxygens (including phenoxy) is 2. The molecule has 15 nitrogen and oxygen atoms in total. The number of carbonyl (C=O) groups is 1. The average Bonchev–Trinajstić information content (AvgIpc) is 2.99. The lowest BCUT2D eigenvalue weighted by molar-refractivity contribution is -0.394. The highest BCUT2D eigenvalue weighted by Gasteiger charge is 2.45. The predicted octanol–water partition coefficient (Wildman–Crippen LogP) is 2.62. The second-order valence-corrected chi connectivity index (χ2v) is 6.62. The SMILES string of the molecule is CC(=O)OC1[C@@H](C)[C@H](OCn2nc([N+](=O)[O-])nc2Br)C(N=[N+]=[N-])C[C@H]1N=[N+]=[N-].